The summed E-state index contributed by atoms with van der Waals surface area (Å²) >= 11 is 1.71. The molecule has 2 N–H and O–H groups in total. The third-order valence-corrected chi connectivity index (χ3v) is 4.51. The van der Waals surface area contributed by atoms with E-state index in [0.717, 1.165) is 10.7 Å². The van der Waals surface area contributed by atoms with Gasteiger partial charge in [-0.1, -0.05) is 0 Å². The minimum Gasteiger partial charge on any atom is -0.386 e. The Bertz CT molecular complexity index is 374. The number of hydrogen-bond donors (Lipinski definition) is 2. The largest absolute Gasteiger partial charge is 0.386 e. The Kier molecular flexibility index (Phi) is 3.82. The van der Waals surface area contributed by atoms with Crippen molar-refractivity contribution in [3.63, 3.8) is 0 Å². The molecular formula is C12H20N2O2S. The summed E-state index contributed by atoms with van der Waals surface area (Å²) < 4.78 is 5.39. The van der Waals surface area contributed by atoms with E-state index in [2.05, 4.69) is 17.2 Å². The Morgan fingerprint density at radius 1 is 1.59 bits per heavy atom. The van der Waals surface area contributed by atoms with Crippen LogP contribution in [0.4, 0.5) is 0 Å². The summed E-state index contributed by atoms with van der Waals surface area (Å²) in [4.78, 5) is 5.72. The molecule has 1 aliphatic rings. The van der Waals surface area contributed by atoms with Gasteiger partial charge in [-0.05, 0) is 20.8 Å². The summed E-state index contributed by atoms with van der Waals surface area (Å²) in [6, 6.07) is 0. The Morgan fingerprint density at radius 3 is 2.88 bits per heavy atom. The van der Waals surface area contributed by atoms with E-state index < -0.39 is 5.60 Å². The molecule has 2 unspecified atom stereocenters. The summed E-state index contributed by atoms with van der Waals surface area (Å²) in [7, 11) is 0. The third kappa shape index (κ3) is 2.85. The molecule has 1 aromatic rings. The molecule has 0 spiro atoms. The number of aromatic nitrogens is 1. The van der Waals surface area contributed by atoms with E-state index in [9.17, 15) is 5.11 Å². The Balaban J connectivity index is 1.83. The quantitative estimate of drug-likeness (QED) is 0.855. The number of nitrogens with zero attached hydrogens (tertiary/aromatic N) is 1. The Labute approximate surface area is 106 Å². The van der Waals surface area contributed by atoms with Crippen molar-refractivity contribution in [3.05, 3.63) is 15.6 Å². The predicted octanol–water partition coefficient (Wildman–Crippen LogP) is 1.39. The van der Waals surface area contributed by atoms with Crippen molar-refractivity contribution in [1.29, 1.82) is 0 Å². The van der Waals surface area contributed by atoms with Gasteiger partial charge in [0.15, 0.2) is 0 Å². The molecule has 0 bridgehead atoms. The highest BCUT2D eigenvalue weighted by Crippen LogP contribution is 2.25. The van der Waals surface area contributed by atoms with Crippen LogP contribution in [0.5, 0.6) is 0 Å². The first-order valence-corrected chi connectivity index (χ1v) is 6.80. The minimum atomic E-state index is -0.721. The van der Waals surface area contributed by atoms with Crippen molar-refractivity contribution in [2.45, 2.75) is 45.4 Å². The van der Waals surface area contributed by atoms with Gasteiger partial charge >= 0.3 is 0 Å². The SMILES string of the molecule is Cc1nc(CNCC2(O)CCOC2C)sc1C. The second-order valence-corrected chi connectivity index (χ2v) is 6.01. The van der Waals surface area contributed by atoms with Crippen LogP contribution in [0.1, 0.15) is 28.9 Å². The zero-order chi connectivity index (χ0) is 12.5. The summed E-state index contributed by atoms with van der Waals surface area (Å²) in [6.45, 7) is 7.95. The fourth-order valence-electron chi connectivity index (χ4n) is 2.00. The van der Waals surface area contributed by atoms with Gasteiger partial charge in [-0.3, -0.25) is 0 Å². The van der Waals surface area contributed by atoms with E-state index in [4.69, 9.17) is 4.74 Å². The van der Waals surface area contributed by atoms with Crippen LogP contribution in [0.25, 0.3) is 0 Å². The van der Waals surface area contributed by atoms with Gasteiger partial charge in [0.25, 0.3) is 0 Å². The zero-order valence-electron chi connectivity index (χ0n) is 10.6. The lowest BCUT2D eigenvalue weighted by molar-refractivity contribution is -0.0262. The van der Waals surface area contributed by atoms with Crippen molar-refractivity contribution in [2.24, 2.45) is 0 Å². The van der Waals surface area contributed by atoms with E-state index in [0.29, 0.717) is 26.1 Å². The first kappa shape index (κ1) is 13.0. The average Bonchev–Trinajstić information content (AvgIpc) is 2.74. The molecule has 17 heavy (non-hydrogen) atoms. The van der Waals surface area contributed by atoms with Crippen LogP contribution in [0, 0.1) is 13.8 Å². The van der Waals surface area contributed by atoms with Gasteiger partial charge in [-0.2, -0.15) is 0 Å². The molecule has 1 aliphatic heterocycles. The average molecular weight is 256 g/mol. The monoisotopic (exact) mass is 256 g/mol. The highest BCUT2D eigenvalue weighted by Gasteiger charge is 2.38. The zero-order valence-corrected chi connectivity index (χ0v) is 11.4. The van der Waals surface area contributed by atoms with Gasteiger partial charge in [0, 0.05) is 31.0 Å². The fourth-order valence-corrected chi connectivity index (χ4v) is 2.91. The molecule has 1 fully saturated rings. The molecule has 0 aromatic carbocycles. The number of aryl methyl sites for hydroxylation is 2. The van der Waals surface area contributed by atoms with E-state index >= 15 is 0 Å². The van der Waals surface area contributed by atoms with Crippen molar-refractivity contribution in [3.8, 4) is 0 Å². The topological polar surface area (TPSA) is 54.4 Å². The molecule has 96 valence electrons. The van der Waals surface area contributed by atoms with Crippen molar-refractivity contribution >= 4 is 11.3 Å². The molecule has 1 aromatic heterocycles. The van der Waals surface area contributed by atoms with Crippen LogP contribution in [0.15, 0.2) is 0 Å². The van der Waals surface area contributed by atoms with Gasteiger partial charge in [0.05, 0.1) is 11.8 Å². The molecule has 5 heteroatoms. The maximum atomic E-state index is 10.3. The van der Waals surface area contributed by atoms with Gasteiger partial charge in [-0.25, -0.2) is 4.98 Å². The number of nitrogens with one attached hydrogen (secondary N) is 1. The van der Waals surface area contributed by atoms with Gasteiger partial charge in [0.1, 0.15) is 10.6 Å². The van der Waals surface area contributed by atoms with Crippen LogP contribution in [-0.4, -0.2) is 34.9 Å². The van der Waals surface area contributed by atoms with Gasteiger partial charge in [-0.15, -0.1) is 11.3 Å². The van der Waals surface area contributed by atoms with Crippen LogP contribution >= 0.6 is 11.3 Å². The van der Waals surface area contributed by atoms with Crippen LogP contribution < -0.4 is 5.32 Å². The normalized spacial score (nSPS) is 28.8. The highest BCUT2D eigenvalue weighted by molar-refractivity contribution is 7.11. The maximum absolute atomic E-state index is 10.3. The molecule has 2 atom stereocenters. The number of aliphatic hydroxyl groups is 1. The van der Waals surface area contributed by atoms with E-state index in [-0.39, 0.29) is 6.10 Å². The van der Waals surface area contributed by atoms with Gasteiger partial charge < -0.3 is 15.2 Å². The lowest BCUT2D eigenvalue weighted by Gasteiger charge is -2.26. The third-order valence-electron chi connectivity index (χ3n) is 3.44. The lowest BCUT2D eigenvalue weighted by atomic mass is 9.97. The highest BCUT2D eigenvalue weighted by atomic mass is 32.1. The molecule has 2 heterocycles. The fraction of sp³-hybridized carbons (Fsp3) is 0.750. The number of ether oxygens (including phenoxy) is 1. The van der Waals surface area contributed by atoms with Crippen molar-refractivity contribution in [2.75, 3.05) is 13.2 Å². The molecule has 0 amide bonds. The molecular weight excluding hydrogens is 236 g/mol. The number of rotatable bonds is 4. The number of thiazole rings is 1. The smallest absolute Gasteiger partial charge is 0.107 e. The standard InChI is InChI=1S/C12H20N2O2S/c1-8-9(2)17-11(14-8)6-13-7-12(15)4-5-16-10(12)3/h10,13,15H,4-7H2,1-3H3. The summed E-state index contributed by atoms with van der Waals surface area (Å²) in [6.07, 6.45) is 0.617. The second-order valence-electron chi connectivity index (χ2n) is 4.72. The minimum absolute atomic E-state index is 0.0882. The summed E-state index contributed by atoms with van der Waals surface area (Å²) in [5.41, 5.74) is 0.379. The number of hydrogen-bond acceptors (Lipinski definition) is 5. The molecule has 4 nitrogen and oxygen atoms in total. The molecule has 0 radical (unpaired) electrons. The van der Waals surface area contributed by atoms with Gasteiger partial charge in [0.2, 0.25) is 0 Å². The lowest BCUT2D eigenvalue weighted by Crippen LogP contribution is -2.45. The summed E-state index contributed by atoms with van der Waals surface area (Å²) in [5, 5.41) is 14.6. The van der Waals surface area contributed by atoms with E-state index in [1.165, 1.54) is 4.88 Å². The Hall–Kier alpha value is -0.490. The summed E-state index contributed by atoms with van der Waals surface area (Å²) in [5.74, 6) is 0. The van der Waals surface area contributed by atoms with E-state index in [1.54, 1.807) is 11.3 Å². The second kappa shape index (κ2) is 5.02. The molecule has 1 saturated heterocycles. The van der Waals surface area contributed by atoms with E-state index in [1.807, 2.05) is 13.8 Å². The molecule has 0 aliphatic carbocycles. The van der Waals surface area contributed by atoms with Crippen LogP contribution in [0.2, 0.25) is 0 Å². The van der Waals surface area contributed by atoms with Crippen molar-refractivity contribution < 1.29 is 9.84 Å². The molecule has 2 rings (SSSR count). The first-order valence-electron chi connectivity index (χ1n) is 5.99. The Morgan fingerprint density at radius 2 is 2.35 bits per heavy atom. The van der Waals surface area contributed by atoms with Crippen LogP contribution in [-0.2, 0) is 11.3 Å². The predicted molar refractivity (Wildman–Crippen MR) is 68.3 cm³/mol. The van der Waals surface area contributed by atoms with Crippen molar-refractivity contribution in [1.82, 2.24) is 10.3 Å². The molecule has 0 saturated carbocycles. The van der Waals surface area contributed by atoms with Crippen LogP contribution in [0.3, 0.4) is 0 Å². The first-order chi connectivity index (χ1) is 8.01. The maximum Gasteiger partial charge on any atom is 0.107 e.